The number of benzene rings is 1. The summed E-state index contributed by atoms with van der Waals surface area (Å²) in [7, 11) is 0. The first kappa shape index (κ1) is 18.7. The van der Waals surface area contributed by atoms with Crippen molar-refractivity contribution in [2.24, 2.45) is 0 Å². The van der Waals surface area contributed by atoms with Crippen molar-refractivity contribution in [1.82, 2.24) is 20.9 Å². The van der Waals surface area contributed by atoms with Crippen LogP contribution in [0.25, 0.3) is 0 Å². The van der Waals surface area contributed by atoms with Gasteiger partial charge in [0.05, 0.1) is 0 Å². The number of imide groups is 1. The molecular formula is C18H23ClN4O3. The minimum Gasteiger partial charge on any atom is -0.353 e. The third kappa shape index (κ3) is 3.05. The summed E-state index contributed by atoms with van der Waals surface area (Å²) in [6, 6.07) is 7.45. The van der Waals surface area contributed by atoms with Gasteiger partial charge in [0.2, 0.25) is 5.91 Å². The van der Waals surface area contributed by atoms with E-state index in [2.05, 4.69) is 16.0 Å². The van der Waals surface area contributed by atoms with Gasteiger partial charge in [0.15, 0.2) is 0 Å². The molecule has 3 aliphatic rings. The highest BCUT2D eigenvalue weighted by Gasteiger charge is 2.55. The average molecular weight is 379 g/mol. The zero-order valence-corrected chi connectivity index (χ0v) is 15.2. The molecule has 2 unspecified atom stereocenters. The van der Waals surface area contributed by atoms with Gasteiger partial charge in [-0.2, -0.15) is 0 Å². The molecule has 140 valence electrons. The Balaban J connectivity index is 0.00000196. The lowest BCUT2D eigenvalue weighted by atomic mass is 9.92. The van der Waals surface area contributed by atoms with Crippen LogP contribution in [0.4, 0.5) is 4.79 Å². The minimum atomic E-state index is -0.999. The first-order chi connectivity index (χ1) is 12.1. The van der Waals surface area contributed by atoms with E-state index in [0.29, 0.717) is 13.0 Å². The van der Waals surface area contributed by atoms with Crippen LogP contribution >= 0.6 is 12.4 Å². The Morgan fingerprint density at radius 3 is 2.88 bits per heavy atom. The SMILES string of the molecule is Cl.O=C(CN1C(=O)NC2(CCc3ccccc32)C1=O)NCC1CCCN1. The number of urea groups is 1. The molecule has 0 radical (unpaired) electrons. The fourth-order valence-electron chi connectivity index (χ4n) is 4.10. The minimum absolute atomic E-state index is 0. The lowest BCUT2D eigenvalue weighted by Crippen LogP contribution is -2.45. The zero-order chi connectivity index (χ0) is 17.4. The molecule has 1 aliphatic carbocycles. The van der Waals surface area contributed by atoms with Crippen molar-refractivity contribution >= 4 is 30.3 Å². The van der Waals surface area contributed by atoms with Gasteiger partial charge in [0, 0.05) is 12.6 Å². The summed E-state index contributed by atoms with van der Waals surface area (Å²) in [5.74, 6) is -0.628. The van der Waals surface area contributed by atoms with Crippen molar-refractivity contribution in [2.75, 3.05) is 19.6 Å². The van der Waals surface area contributed by atoms with Crippen LogP contribution in [0.2, 0.25) is 0 Å². The van der Waals surface area contributed by atoms with Crippen molar-refractivity contribution in [1.29, 1.82) is 0 Å². The van der Waals surface area contributed by atoms with Crippen LogP contribution in [-0.2, 0) is 21.5 Å². The maximum absolute atomic E-state index is 12.9. The predicted octanol–water partition coefficient (Wildman–Crippen LogP) is 0.670. The van der Waals surface area contributed by atoms with Gasteiger partial charge in [-0.05, 0) is 43.4 Å². The average Bonchev–Trinajstić information content (AvgIpc) is 3.31. The number of aryl methyl sites for hydroxylation is 1. The molecule has 8 heteroatoms. The van der Waals surface area contributed by atoms with Crippen LogP contribution in [0, 0.1) is 0 Å². The van der Waals surface area contributed by atoms with E-state index in [-0.39, 0.29) is 36.8 Å². The van der Waals surface area contributed by atoms with Gasteiger partial charge in [0.1, 0.15) is 12.1 Å². The normalized spacial score (nSPS) is 26.6. The monoisotopic (exact) mass is 378 g/mol. The third-order valence-corrected chi connectivity index (χ3v) is 5.43. The van der Waals surface area contributed by atoms with Crippen LogP contribution in [-0.4, -0.2) is 48.4 Å². The second-order valence-corrected chi connectivity index (χ2v) is 6.98. The fourth-order valence-corrected chi connectivity index (χ4v) is 4.10. The highest BCUT2D eigenvalue weighted by atomic mass is 35.5. The number of fused-ring (bicyclic) bond motifs is 2. The van der Waals surface area contributed by atoms with E-state index in [1.807, 2.05) is 24.3 Å². The van der Waals surface area contributed by atoms with Gasteiger partial charge in [-0.1, -0.05) is 24.3 Å². The Morgan fingerprint density at radius 1 is 1.31 bits per heavy atom. The van der Waals surface area contributed by atoms with Gasteiger partial charge in [-0.25, -0.2) is 4.79 Å². The molecule has 7 nitrogen and oxygen atoms in total. The molecule has 0 bridgehead atoms. The van der Waals surface area contributed by atoms with Crippen molar-refractivity contribution in [2.45, 2.75) is 37.3 Å². The lowest BCUT2D eigenvalue weighted by Gasteiger charge is -2.22. The van der Waals surface area contributed by atoms with Gasteiger partial charge >= 0.3 is 6.03 Å². The molecule has 0 aromatic heterocycles. The highest BCUT2D eigenvalue weighted by molar-refractivity contribution is 6.09. The summed E-state index contributed by atoms with van der Waals surface area (Å²) in [5.41, 5.74) is 0.933. The molecule has 2 saturated heterocycles. The Labute approximate surface area is 158 Å². The van der Waals surface area contributed by atoms with E-state index >= 15 is 0 Å². The van der Waals surface area contributed by atoms with Crippen molar-refractivity contribution < 1.29 is 14.4 Å². The molecule has 4 rings (SSSR count). The van der Waals surface area contributed by atoms with E-state index in [0.717, 1.165) is 41.8 Å². The maximum atomic E-state index is 12.9. The van der Waals surface area contributed by atoms with Gasteiger partial charge < -0.3 is 16.0 Å². The second-order valence-electron chi connectivity index (χ2n) is 6.98. The molecule has 26 heavy (non-hydrogen) atoms. The third-order valence-electron chi connectivity index (χ3n) is 5.43. The summed E-state index contributed by atoms with van der Waals surface area (Å²) in [5, 5.41) is 8.95. The summed E-state index contributed by atoms with van der Waals surface area (Å²) in [6.07, 6.45) is 3.43. The number of hydrogen-bond acceptors (Lipinski definition) is 4. The lowest BCUT2D eigenvalue weighted by molar-refractivity contribution is -0.135. The van der Waals surface area contributed by atoms with Crippen LogP contribution in [0.3, 0.4) is 0 Å². The van der Waals surface area contributed by atoms with E-state index in [1.165, 1.54) is 0 Å². The molecule has 3 N–H and O–H groups in total. The second kappa shape index (κ2) is 7.25. The number of nitrogens with one attached hydrogen (secondary N) is 3. The molecule has 1 aromatic carbocycles. The van der Waals surface area contributed by atoms with E-state index in [1.54, 1.807) is 0 Å². The van der Waals surface area contributed by atoms with Crippen LogP contribution in [0.15, 0.2) is 24.3 Å². The molecule has 1 aromatic rings. The fraction of sp³-hybridized carbons (Fsp3) is 0.500. The number of rotatable bonds is 4. The zero-order valence-electron chi connectivity index (χ0n) is 14.4. The number of halogens is 1. The number of hydrogen-bond donors (Lipinski definition) is 3. The number of amides is 4. The van der Waals surface area contributed by atoms with Crippen molar-refractivity contribution in [3.8, 4) is 0 Å². The number of carbonyl (C=O) groups excluding carboxylic acids is 3. The van der Waals surface area contributed by atoms with Gasteiger partial charge in [-0.15, -0.1) is 12.4 Å². The van der Waals surface area contributed by atoms with Crippen LogP contribution in [0.5, 0.6) is 0 Å². The van der Waals surface area contributed by atoms with E-state index in [9.17, 15) is 14.4 Å². The molecule has 2 fully saturated rings. The quantitative estimate of drug-likeness (QED) is 0.672. The molecule has 2 atom stereocenters. The maximum Gasteiger partial charge on any atom is 0.325 e. The molecule has 1 spiro atoms. The Hall–Kier alpha value is -2.12. The summed E-state index contributed by atoms with van der Waals surface area (Å²) in [6.45, 7) is 1.26. The van der Waals surface area contributed by atoms with Gasteiger partial charge in [0.25, 0.3) is 5.91 Å². The highest BCUT2D eigenvalue weighted by Crippen LogP contribution is 2.41. The Bertz CT molecular complexity index is 735. The molecule has 4 amide bonds. The number of nitrogens with zero attached hydrogens (tertiary/aromatic N) is 1. The summed E-state index contributed by atoms with van der Waals surface area (Å²) < 4.78 is 0. The summed E-state index contributed by atoms with van der Waals surface area (Å²) >= 11 is 0. The molecule has 2 aliphatic heterocycles. The topological polar surface area (TPSA) is 90.5 Å². The van der Waals surface area contributed by atoms with Crippen molar-refractivity contribution in [3.05, 3.63) is 35.4 Å². The smallest absolute Gasteiger partial charge is 0.325 e. The van der Waals surface area contributed by atoms with Gasteiger partial charge in [-0.3, -0.25) is 14.5 Å². The first-order valence-electron chi connectivity index (χ1n) is 8.83. The largest absolute Gasteiger partial charge is 0.353 e. The van der Waals surface area contributed by atoms with E-state index in [4.69, 9.17) is 0 Å². The molecule has 2 heterocycles. The molecule has 0 saturated carbocycles. The van der Waals surface area contributed by atoms with Crippen LogP contribution < -0.4 is 16.0 Å². The predicted molar refractivity (Wildman–Crippen MR) is 98.0 cm³/mol. The Kier molecular flexibility index (Phi) is 5.20. The first-order valence-corrected chi connectivity index (χ1v) is 8.83. The molecular weight excluding hydrogens is 356 g/mol. The van der Waals surface area contributed by atoms with Crippen LogP contribution in [0.1, 0.15) is 30.4 Å². The standard InChI is InChI=1S/C18H22N4O3.ClH/c23-15(20-10-13-5-3-9-19-13)11-22-16(24)18(21-17(22)25)8-7-12-4-1-2-6-14(12)18;/h1-2,4,6,13,19H,3,5,7-11H2,(H,20,23)(H,21,25);1H. The summed E-state index contributed by atoms with van der Waals surface area (Å²) in [4.78, 5) is 38.5. The number of carbonyl (C=O) groups is 3. The Morgan fingerprint density at radius 2 is 2.12 bits per heavy atom. The van der Waals surface area contributed by atoms with Crippen molar-refractivity contribution in [3.63, 3.8) is 0 Å². The van der Waals surface area contributed by atoms with E-state index < -0.39 is 11.6 Å².